The van der Waals surface area contributed by atoms with Crippen LogP contribution in [0.2, 0.25) is 0 Å². The van der Waals surface area contributed by atoms with E-state index in [1.807, 2.05) is 31.2 Å². The van der Waals surface area contributed by atoms with Gasteiger partial charge in [-0.3, -0.25) is 4.79 Å². The molecule has 2 heterocycles. The molecule has 0 radical (unpaired) electrons. The Kier molecular flexibility index (Phi) is 4.15. The summed E-state index contributed by atoms with van der Waals surface area (Å²) in [6, 6.07) is 11.5. The van der Waals surface area contributed by atoms with Gasteiger partial charge in [-0.2, -0.15) is 0 Å². The van der Waals surface area contributed by atoms with Crippen molar-refractivity contribution in [1.82, 2.24) is 19.2 Å². The van der Waals surface area contributed by atoms with Gasteiger partial charge in [0.15, 0.2) is 5.65 Å². The number of hydrogen-bond acceptors (Lipinski definition) is 4. The summed E-state index contributed by atoms with van der Waals surface area (Å²) in [5, 5.41) is 7.42. The SMILES string of the molecule is CCc1ccccc1NC(=O)Cn1nc2c3cc(F)ccc3ncn2c1=O. The summed E-state index contributed by atoms with van der Waals surface area (Å²) in [6.07, 6.45) is 2.10. The number of anilines is 1. The highest BCUT2D eigenvalue weighted by Crippen LogP contribution is 2.17. The molecule has 1 N–H and O–H groups in total. The summed E-state index contributed by atoms with van der Waals surface area (Å²) >= 11 is 0. The molecule has 4 rings (SSSR count). The zero-order valence-electron chi connectivity index (χ0n) is 14.5. The van der Waals surface area contributed by atoms with Gasteiger partial charge in [0, 0.05) is 11.1 Å². The summed E-state index contributed by atoms with van der Waals surface area (Å²) < 4.78 is 15.8. The van der Waals surface area contributed by atoms with Crippen molar-refractivity contribution in [2.75, 3.05) is 5.32 Å². The number of carbonyl (C=O) groups excluding carboxylic acids is 1. The average Bonchev–Trinajstić information content (AvgIpc) is 2.98. The number of fused-ring (bicyclic) bond motifs is 3. The Labute approximate surface area is 153 Å². The van der Waals surface area contributed by atoms with Crippen molar-refractivity contribution in [2.24, 2.45) is 0 Å². The first kappa shape index (κ1) is 16.9. The third kappa shape index (κ3) is 3.05. The van der Waals surface area contributed by atoms with Crippen LogP contribution in [-0.2, 0) is 17.8 Å². The van der Waals surface area contributed by atoms with E-state index in [4.69, 9.17) is 0 Å². The topological polar surface area (TPSA) is 81.3 Å². The van der Waals surface area contributed by atoms with E-state index in [0.29, 0.717) is 16.6 Å². The minimum atomic E-state index is -0.511. The number of nitrogens with one attached hydrogen (secondary N) is 1. The predicted octanol–water partition coefficient (Wildman–Crippen LogP) is 2.38. The fourth-order valence-corrected chi connectivity index (χ4v) is 3.01. The first-order chi connectivity index (χ1) is 13.1. The molecule has 0 bridgehead atoms. The van der Waals surface area contributed by atoms with Crippen LogP contribution in [0.15, 0.2) is 53.6 Å². The number of rotatable bonds is 4. The fraction of sp³-hybridized carbons (Fsp3) is 0.158. The summed E-state index contributed by atoms with van der Waals surface area (Å²) in [5.74, 6) is -0.821. The van der Waals surface area contributed by atoms with Crippen LogP contribution in [0, 0.1) is 5.82 Å². The van der Waals surface area contributed by atoms with Crippen LogP contribution < -0.4 is 11.0 Å². The molecule has 1 amide bonds. The van der Waals surface area contributed by atoms with Crippen LogP contribution in [0.5, 0.6) is 0 Å². The van der Waals surface area contributed by atoms with Crippen molar-refractivity contribution < 1.29 is 9.18 Å². The number of para-hydroxylation sites is 1. The van der Waals surface area contributed by atoms with Gasteiger partial charge in [0.2, 0.25) is 5.91 Å². The second-order valence-corrected chi connectivity index (χ2v) is 6.10. The molecule has 4 aromatic rings. The molecule has 0 spiro atoms. The lowest BCUT2D eigenvalue weighted by molar-refractivity contribution is -0.117. The highest BCUT2D eigenvalue weighted by Gasteiger charge is 2.14. The summed E-state index contributed by atoms with van der Waals surface area (Å²) in [4.78, 5) is 29.1. The van der Waals surface area contributed by atoms with Crippen molar-refractivity contribution in [3.05, 3.63) is 70.7 Å². The molecule has 2 aromatic carbocycles. The molecular formula is C19H16FN5O2. The van der Waals surface area contributed by atoms with Crippen molar-refractivity contribution in [2.45, 2.75) is 19.9 Å². The largest absolute Gasteiger partial charge is 0.352 e. The van der Waals surface area contributed by atoms with Gasteiger partial charge in [0.1, 0.15) is 18.7 Å². The van der Waals surface area contributed by atoms with Gasteiger partial charge < -0.3 is 5.32 Å². The summed E-state index contributed by atoms with van der Waals surface area (Å²) in [6.45, 7) is 1.74. The summed E-state index contributed by atoms with van der Waals surface area (Å²) in [5.41, 5.74) is 1.96. The Hall–Kier alpha value is -3.55. The summed E-state index contributed by atoms with van der Waals surface area (Å²) in [7, 11) is 0. The minimum absolute atomic E-state index is 0.255. The lowest BCUT2D eigenvalue weighted by Gasteiger charge is -2.09. The van der Waals surface area contributed by atoms with Crippen molar-refractivity contribution in [3.8, 4) is 0 Å². The smallest absolute Gasteiger partial charge is 0.324 e. The highest BCUT2D eigenvalue weighted by atomic mass is 19.1. The van der Waals surface area contributed by atoms with Gasteiger partial charge in [0.25, 0.3) is 0 Å². The van der Waals surface area contributed by atoms with Crippen LogP contribution in [0.1, 0.15) is 12.5 Å². The van der Waals surface area contributed by atoms with Crippen LogP contribution in [0.4, 0.5) is 10.1 Å². The Morgan fingerprint density at radius 2 is 2.04 bits per heavy atom. The van der Waals surface area contributed by atoms with Crippen LogP contribution in [-0.4, -0.2) is 25.1 Å². The van der Waals surface area contributed by atoms with Crippen molar-refractivity contribution in [3.63, 3.8) is 0 Å². The van der Waals surface area contributed by atoms with Gasteiger partial charge in [-0.15, -0.1) is 5.10 Å². The molecule has 0 aliphatic heterocycles. The third-order valence-corrected chi connectivity index (χ3v) is 4.35. The highest BCUT2D eigenvalue weighted by molar-refractivity contribution is 5.92. The number of carbonyl (C=O) groups is 1. The minimum Gasteiger partial charge on any atom is -0.324 e. The van der Waals surface area contributed by atoms with E-state index in [1.165, 1.54) is 28.9 Å². The molecule has 2 aromatic heterocycles. The zero-order valence-corrected chi connectivity index (χ0v) is 14.5. The molecule has 0 aliphatic carbocycles. The third-order valence-electron chi connectivity index (χ3n) is 4.35. The molecular weight excluding hydrogens is 349 g/mol. The van der Waals surface area contributed by atoms with Gasteiger partial charge in [-0.1, -0.05) is 25.1 Å². The van der Waals surface area contributed by atoms with E-state index in [-0.39, 0.29) is 18.1 Å². The number of aryl methyl sites for hydroxylation is 1. The van der Waals surface area contributed by atoms with Crippen LogP contribution in [0.25, 0.3) is 16.6 Å². The molecule has 7 nitrogen and oxygen atoms in total. The quantitative estimate of drug-likeness (QED) is 0.602. The predicted molar refractivity (Wildman–Crippen MR) is 99.2 cm³/mol. The normalized spacial score (nSPS) is 11.2. The van der Waals surface area contributed by atoms with Crippen LogP contribution >= 0.6 is 0 Å². The van der Waals surface area contributed by atoms with E-state index in [1.54, 1.807) is 0 Å². The number of halogens is 1. The van der Waals surface area contributed by atoms with Crippen LogP contribution in [0.3, 0.4) is 0 Å². The number of nitrogens with zero attached hydrogens (tertiary/aromatic N) is 4. The van der Waals surface area contributed by atoms with E-state index >= 15 is 0 Å². The fourth-order valence-electron chi connectivity index (χ4n) is 3.01. The maximum Gasteiger partial charge on any atom is 0.352 e. The lowest BCUT2D eigenvalue weighted by Crippen LogP contribution is -2.28. The Balaban J connectivity index is 1.69. The number of amides is 1. The Morgan fingerprint density at radius 1 is 1.22 bits per heavy atom. The molecule has 0 aliphatic rings. The van der Waals surface area contributed by atoms with Gasteiger partial charge in [-0.25, -0.2) is 23.3 Å². The van der Waals surface area contributed by atoms with E-state index in [9.17, 15) is 14.0 Å². The van der Waals surface area contributed by atoms with Crippen molar-refractivity contribution >= 4 is 28.1 Å². The van der Waals surface area contributed by atoms with Gasteiger partial charge in [0.05, 0.1) is 5.52 Å². The molecule has 0 unspecified atom stereocenters. The number of aromatic nitrogens is 4. The molecule has 0 saturated heterocycles. The molecule has 8 heteroatoms. The lowest BCUT2D eigenvalue weighted by atomic mass is 10.1. The van der Waals surface area contributed by atoms with E-state index < -0.39 is 11.5 Å². The average molecular weight is 365 g/mol. The molecule has 136 valence electrons. The standard InChI is InChI=1S/C19H16FN5O2/c1-2-12-5-3-4-6-15(12)22-17(26)10-25-19(27)24-11-21-16-8-7-13(20)9-14(16)18(24)23-25/h3-9,11H,2,10H2,1H3,(H,22,26). The Bertz CT molecular complexity index is 1230. The van der Waals surface area contributed by atoms with E-state index in [2.05, 4.69) is 15.4 Å². The number of benzene rings is 2. The molecule has 0 fully saturated rings. The molecule has 0 saturated carbocycles. The number of hydrogen-bond donors (Lipinski definition) is 1. The van der Waals surface area contributed by atoms with Crippen molar-refractivity contribution in [1.29, 1.82) is 0 Å². The Morgan fingerprint density at radius 3 is 2.85 bits per heavy atom. The zero-order chi connectivity index (χ0) is 19.0. The second-order valence-electron chi connectivity index (χ2n) is 6.10. The maximum absolute atomic E-state index is 13.6. The molecule has 27 heavy (non-hydrogen) atoms. The van der Waals surface area contributed by atoms with Gasteiger partial charge >= 0.3 is 5.69 Å². The van der Waals surface area contributed by atoms with Gasteiger partial charge in [-0.05, 0) is 36.2 Å². The second kappa shape index (κ2) is 6.64. The first-order valence-corrected chi connectivity index (χ1v) is 8.48. The monoisotopic (exact) mass is 365 g/mol. The first-order valence-electron chi connectivity index (χ1n) is 8.48. The maximum atomic E-state index is 13.6. The molecule has 0 atom stereocenters. The van der Waals surface area contributed by atoms with E-state index in [0.717, 1.165) is 16.7 Å².